The summed E-state index contributed by atoms with van der Waals surface area (Å²) in [5.41, 5.74) is 0.846. The Morgan fingerprint density at radius 1 is 1.09 bits per heavy atom. The molecule has 0 radical (unpaired) electrons. The van der Waals surface area contributed by atoms with Crippen molar-refractivity contribution in [3.63, 3.8) is 0 Å². The van der Waals surface area contributed by atoms with Crippen LogP contribution >= 0.6 is 0 Å². The third-order valence-electron chi connectivity index (χ3n) is 6.58. The maximum absolute atomic E-state index is 13.5. The van der Waals surface area contributed by atoms with Gasteiger partial charge in [-0.1, -0.05) is 0 Å². The van der Waals surface area contributed by atoms with E-state index in [-0.39, 0.29) is 34.7 Å². The zero-order valence-corrected chi connectivity index (χ0v) is 20.0. The van der Waals surface area contributed by atoms with Crippen LogP contribution in [-0.2, 0) is 4.74 Å². The van der Waals surface area contributed by atoms with E-state index in [1.165, 1.54) is 6.20 Å². The normalized spacial score (nSPS) is 16.3. The molecule has 5 rings (SSSR count). The first-order valence-corrected chi connectivity index (χ1v) is 11.9. The lowest BCUT2D eigenvalue weighted by molar-refractivity contribution is 0.0525. The van der Waals surface area contributed by atoms with Gasteiger partial charge in [-0.2, -0.15) is 0 Å². The zero-order valence-electron chi connectivity index (χ0n) is 20.0. The standard InChI is InChI=1S/C26H28N4O5/c1-3-34-26(33)20-19-23(25(32)21-17(24(19)31)7-4-9-27-21)30-11-5-8-18(22(20)30)35-16-6-10-29-14-12-28(2)13-15-29/h4-5,7-9,11H,3,6,10,12-16H2,1-2H3. The largest absolute Gasteiger partial charge is 0.491 e. The van der Waals surface area contributed by atoms with Crippen LogP contribution in [0.2, 0.25) is 0 Å². The van der Waals surface area contributed by atoms with Crippen LogP contribution in [0, 0.1) is 0 Å². The van der Waals surface area contributed by atoms with E-state index in [4.69, 9.17) is 9.47 Å². The maximum Gasteiger partial charge on any atom is 0.341 e. The van der Waals surface area contributed by atoms with Gasteiger partial charge in [0.05, 0.1) is 24.3 Å². The number of carbonyl (C=O) groups is 3. The van der Waals surface area contributed by atoms with Crippen molar-refractivity contribution in [3.05, 3.63) is 64.7 Å². The summed E-state index contributed by atoms with van der Waals surface area (Å²) in [5, 5.41) is 0. The number of pyridine rings is 2. The van der Waals surface area contributed by atoms with Crippen LogP contribution in [0.15, 0.2) is 36.7 Å². The molecule has 182 valence electrons. The monoisotopic (exact) mass is 476 g/mol. The molecule has 1 saturated heterocycles. The van der Waals surface area contributed by atoms with Gasteiger partial charge in [-0.15, -0.1) is 0 Å². The zero-order chi connectivity index (χ0) is 24.5. The van der Waals surface area contributed by atoms with Crippen molar-refractivity contribution in [1.29, 1.82) is 0 Å². The predicted octanol–water partition coefficient (Wildman–Crippen LogP) is 2.30. The van der Waals surface area contributed by atoms with Crippen molar-refractivity contribution in [1.82, 2.24) is 19.2 Å². The highest BCUT2D eigenvalue weighted by atomic mass is 16.5. The number of rotatable bonds is 7. The van der Waals surface area contributed by atoms with Gasteiger partial charge in [-0.05, 0) is 44.7 Å². The highest BCUT2D eigenvalue weighted by Crippen LogP contribution is 2.37. The minimum atomic E-state index is -0.659. The van der Waals surface area contributed by atoms with E-state index in [1.54, 1.807) is 41.8 Å². The molecule has 1 aliphatic heterocycles. The van der Waals surface area contributed by atoms with E-state index in [0.29, 0.717) is 17.9 Å². The summed E-state index contributed by atoms with van der Waals surface area (Å²) in [5.74, 6) is -1.06. The van der Waals surface area contributed by atoms with E-state index >= 15 is 0 Å². The minimum absolute atomic E-state index is 0.0439. The average Bonchev–Trinajstić information content (AvgIpc) is 3.23. The van der Waals surface area contributed by atoms with Gasteiger partial charge in [0.25, 0.3) is 0 Å². The molecule has 0 N–H and O–H groups in total. The molecule has 1 aliphatic carbocycles. The number of likely N-dealkylation sites (N-methyl/N-ethyl adjacent to an activating group) is 1. The summed E-state index contributed by atoms with van der Waals surface area (Å²) in [4.78, 5) is 48.8. The van der Waals surface area contributed by atoms with Gasteiger partial charge in [-0.25, -0.2) is 4.79 Å². The van der Waals surface area contributed by atoms with Crippen molar-refractivity contribution < 1.29 is 23.9 Å². The van der Waals surface area contributed by atoms with Gasteiger partial charge in [0, 0.05) is 45.1 Å². The van der Waals surface area contributed by atoms with Crippen LogP contribution in [0.25, 0.3) is 5.52 Å². The molecule has 0 bridgehead atoms. The molecule has 9 heteroatoms. The number of aromatic nitrogens is 2. The fourth-order valence-corrected chi connectivity index (χ4v) is 4.80. The van der Waals surface area contributed by atoms with Gasteiger partial charge in [-0.3, -0.25) is 14.6 Å². The molecular weight excluding hydrogens is 448 g/mol. The molecule has 35 heavy (non-hydrogen) atoms. The fraction of sp³-hybridized carbons (Fsp3) is 0.385. The number of fused-ring (bicyclic) bond motifs is 4. The first-order chi connectivity index (χ1) is 17.0. The lowest BCUT2D eigenvalue weighted by atomic mass is 9.89. The molecule has 0 aromatic carbocycles. The number of hydrogen-bond donors (Lipinski definition) is 0. The lowest BCUT2D eigenvalue weighted by Gasteiger charge is -2.32. The second-order valence-electron chi connectivity index (χ2n) is 8.81. The van der Waals surface area contributed by atoms with E-state index < -0.39 is 17.5 Å². The first-order valence-electron chi connectivity index (χ1n) is 11.9. The fourth-order valence-electron chi connectivity index (χ4n) is 4.80. The summed E-state index contributed by atoms with van der Waals surface area (Å²) in [6, 6.07) is 6.64. The third kappa shape index (κ3) is 4.11. The molecule has 1 fully saturated rings. The molecule has 2 aliphatic rings. The Bertz CT molecular complexity index is 1310. The Labute approximate surface area is 203 Å². The Balaban J connectivity index is 1.50. The Morgan fingerprint density at radius 3 is 2.66 bits per heavy atom. The van der Waals surface area contributed by atoms with Crippen molar-refractivity contribution in [2.45, 2.75) is 13.3 Å². The number of ether oxygens (including phenoxy) is 2. The number of nitrogens with zero attached hydrogens (tertiary/aromatic N) is 4. The van der Waals surface area contributed by atoms with Gasteiger partial charge < -0.3 is 23.7 Å². The van der Waals surface area contributed by atoms with Gasteiger partial charge >= 0.3 is 5.97 Å². The topological polar surface area (TPSA) is 93.4 Å². The minimum Gasteiger partial charge on any atom is -0.491 e. The highest BCUT2D eigenvalue weighted by Gasteiger charge is 2.40. The Kier molecular flexibility index (Phi) is 6.36. The highest BCUT2D eigenvalue weighted by molar-refractivity contribution is 6.31. The van der Waals surface area contributed by atoms with Crippen molar-refractivity contribution in [3.8, 4) is 5.75 Å². The van der Waals surface area contributed by atoms with Crippen molar-refractivity contribution >= 4 is 23.1 Å². The summed E-state index contributed by atoms with van der Waals surface area (Å²) >= 11 is 0. The van der Waals surface area contributed by atoms with Crippen LogP contribution in [0.5, 0.6) is 5.75 Å². The number of esters is 1. The summed E-state index contributed by atoms with van der Waals surface area (Å²) in [7, 11) is 2.13. The molecule has 0 atom stereocenters. The Morgan fingerprint density at radius 2 is 1.89 bits per heavy atom. The van der Waals surface area contributed by atoms with Crippen LogP contribution < -0.4 is 4.74 Å². The molecule has 3 aromatic rings. The Hall–Kier alpha value is -3.56. The quantitative estimate of drug-likeness (QED) is 0.296. The summed E-state index contributed by atoms with van der Waals surface area (Å²) in [6.45, 7) is 7.36. The number of ketones is 2. The second kappa shape index (κ2) is 9.59. The number of piperazine rings is 1. The summed E-state index contributed by atoms with van der Waals surface area (Å²) in [6.07, 6.45) is 3.95. The SMILES string of the molecule is CCOC(=O)c1c2c(n3cccc(OCCCN4CCN(C)CC4)c13)C(=O)c1ncccc1C2=O. The second-order valence-corrected chi connectivity index (χ2v) is 8.81. The molecule has 0 unspecified atom stereocenters. The van der Waals surface area contributed by atoms with Crippen LogP contribution in [0.1, 0.15) is 55.8 Å². The van der Waals surface area contributed by atoms with Gasteiger partial charge in [0.1, 0.15) is 28.2 Å². The van der Waals surface area contributed by atoms with Gasteiger partial charge in [0.2, 0.25) is 5.78 Å². The molecule has 3 aromatic heterocycles. The van der Waals surface area contributed by atoms with Crippen LogP contribution in [0.3, 0.4) is 0 Å². The van der Waals surface area contributed by atoms with Crippen LogP contribution in [0.4, 0.5) is 0 Å². The smallest absolute Gasteiger partial charge is 0.341 e. The molecule has 0 spiro atoms. The van der Waals surface area contributed by atoms with Gasteiger partial charge in [0.15, 0.2) is 5.78 Å². The number of hydrogen-bond acceptors (Lipinski definition) is 8. The van der Waals surface area contributed by atoms with Crippen molar-refractivity contribution in [2.75, 3.05) is 53.0 Å². The molecule has 0 saturated carbocycles. The predicted molar refractivity (Wildman–Crippen MR) is 129 cm³/mol. The molecule has 0 amide bonds. The molecule has 4 heterocycles. The van der Waals surface area contributed by atoms with Crippen LogP contribution in [-0.4, -0.2) is 89.7 Å². The summed E-state index contributed by atoms with van der Waals surface area (Å²) < 4.78 is 13.0. The van der Waals surface area contributed by atoms with E-state index in [1.807, 2.05) is 0 Å². The first kappa shape index (κ1) is 23.2. The van der Waals surface area contributed by atoms with E-state index in [0.717, 1.165) is 39.1 Å². The maximum atomic E-state index is 13.5. The molecular formula is C26H28N4O5. The van der Waals surface area contributed by atoms with E-state index in [2.05, 4.69) is 21.8 Å². The average molecular weight is 477 g/mol. The third-order valence-corrected chi connectivity index (χ3v) is 6.58. The molecule has 9 nitrogen and oxygen atoms in total. The lowest BCUT2D eigenvalue weighted by Crippen LogP contribution is -2.44. The number of carbonyl (C=O) groups excluding carboxylic acids is 3. The van der Waals surface area contributed by atoms with Crippen molar-refractivity contribution in [2.24, 2.45) is 0 Å². The van der Waals surface area contributed by atoms with E-state index in [9.17, 15) is 14.4 Å².